The molecule has 8 heteroatoms. The largest absolute Gasteiger partial charge is 0.476 e. The van der Waals surface area contributed by atoms with Gasteiger partial charge in [-0.05, 0) is 37.5 Å². The minimum atomic E-state index is -1.18. The average Bonchev–Trinajstić information content (AvgIpc) is 3.41. The normalized spacial score (nSPS) is 13.7. The van der Waals surface area contributed by atoms with Crippen molar-refractivity contribution in [2.24, 2.45) is 0 Å². The van der Waals surface area contributed by atoms with Crippen molar-refractivity contribution in [3.8, 4) is 0 Å². The van der Waals surface area contributed by atoms with Crippen molar-refractivity contribution < 1.29 is 14.7 Å². The lowest BCUT2D eigenvalue weighted by Gasteiger charge is -2.06. The van der Waals surface area contributed by atoms with Gasteiger partial charge < -0.3 is 15.0 Å². The Hall–Kier alpha value is -3.29. The summed E-state index contributed by atoms with van der Waals surface area (Å²) in [5.41, 5.74) is 2.85. The molecule has 1 amide bonds. The molecule has 0 radical (unpaired) electrons. The first kappa shape index (κ1) is 16.2. The summed E-state index contributed by atoms with van der Waals surface area (Å²) in [5, 5.41) is 11.6. The molecule has 0 spiro atoms. The maximum Gasteiger partial charge on any atom is 0.356 e. The number of carbonyl (C=O) groups is 2. The molecule has 0 aliphatic heterocycles. The average molecular weight is 351 g/mol. The number of nitrogens with zero attached hydrogens (tertiary/aromatic N) is 4. The van der Waals surface area contributed by atoms with E-state index >= 15 is 0 Å². The van der Waals surface area contributed by atoms with Crippen LogP contribution in [0.3, 0.4) is 0 Å². The summed E-state index contributed by atoms with van der Waals surface area (Å²) in [6.45, 7) is 2.34. The Morgan fingerprint density at radius 1 is 1.23 bits per heavy atom. The number of carbonyl (C=O) groups excluding carboxylic acids is 1. The molecule has 3 aromatic rings. The molecule has 1 aromatic carbocycles. The van der Waals surface area contributed by atoms with Gasteiger partial charge >= 0.3 is 5.97 Å². The topological polar surface area (TPSA) is 110 Å². The molecular formula is C18H17N5O3. The van der Waals surface area contributed by atoms with Gasteiger partial charge in [0.15, 0.2) is 5.69 Å². The van der Waals surface area contributed by atoms with Crippen LogP contribution in [-0.4, -0.2) is 36.5 Å². The first-order valence-corrected chi connectivity index (χ1v) is 8.34. The molecule has 1 saturated carbocycles. The van der Waals surface area contributed by atoms with Crippen LogP contribution in [0.5, 0.6) is 0 Å². The molecular weight excluding hydrogens is 334 g/mol. The molecule has 0 bridgehead atoms. The van der Waals surface area contributed by atoms with E-state index in [2.05, 4.69) is 24.8 Å². The lowest BCUT2D eigenvalue weighted by Crippen LogP contribution is -2.24. The summed E-state index contributed by atoms with van der Waals surface area (Å²) in [7, 11) is 0. The molecule has 26 heavy (non-hydrogen) atoms. The molecule has 0 saturated heterocycles. The zero-order chi connectivity index (χ0) is 18.3. The van der Waals surface area contributed by atoms with E-state index in [0.29, 0.717) is 12.6 Å². The van der Waals surface area contributed by atoms with Crippen molar-refractivity contribution in [1.29, 1.82) is 0 Å². The quantitative estimate of drug-likeness (QED) is 0.728. The van der Waals surface area contributed by atoms with Gasteiger partial charge in [0.1, 0.15) is 11.5 Å². The minimum Gasteiger partial charge on any atom is -0.476 e. The number of fused-ring (bicyclic) bond motifs is 1. The van der Waals surface area contributed by atoms with Gasteiger partial charge in [-0.25, -0.2) is 19.7 Å². The second-order valence-electron chi connectivity index (χ2n) is 6.36. The highest BCUT2D eigenvalue weighted by Gasteiger charge is 2.26. The van der Waals surface area contributed by atoms with Gasteiger partial charge in [0.05, 0.1) is 23.4 Å². The number of hydrogen-bond donors (Lipinski definition) is 2. The number of hydrogen-bond acceptors (Lipinski definition) is 5. The number of imidazole rings is 1. The van der Waals surface area contributed by atoms with Crippen LogP contribution in [0.2, 0.25) is 0 Å². The predicted molar refractivity (Wildman–Crippen MR) is 92.9 cm³/mol. The third-order valence-electron chi connectivity index (χ3n) is 4.40. The van der Waals surface area contributed by atoms with Crippen LogP contribution in [0.4, 0.5) is 0 Å². The molecule has 8 nitrogen and oxygen atoms in total. The van der Waals surface area contributed by atoms with Crippen LogP contribution in [0, 0.1) is 6.92 Å². The summed E-state index contributed by atoms with van der Waals surface area (Å²) in [4.78, 5) is 35.0. The molecule has 132 valence electrons. The molecule has 0 unspecified atom stereocenters. The Bertz CT molecular complexity index is 1010. The van der Waals surface area contributed by atoms with Crippen molar-refractivity contribution in [3.05, 3.63) is 53.4 Å². The number of amides is 1. The lowest BCUT2D eigenvalue weighted by molar-refractivity contribution is 0.0689. The number of aromatic nitrogens is 4. The number of carboxylic acid groups (broad SMARTS) is 1. The first-order valence-electron chi connectivity index (χ1n) is 8.34. The second kappa shape index (κ2) is 6.21. The zero-order valence-electron chi connectivity index (χ0n) is 14.1. The number of benzene rings is 1. The Balaban J connectivity index is 1.47. The van der Waals surface area contributed by atoms with Crippen LogP contribution in [0.15, 0.2) is 30.6 Å². The van der Waals surface area contributed by atoms with Crippen LogP contribution < -0.4 is 5.32 Å². The number of rotatable bonds is 5. The van der Waals surface area contributed by atoms with Crippen molar-refractivity contribution >= 4 is 22.9 Å². The van der Waals surface area contributed by atoms with Gasteiger partial charge in [-0.3, -0.25) is 4.79 Å². The fraction of sp³-hybridized carbons (Fsp3) is 0.278. The van der Waals surface area contributed by atoms with Gasteiger partial charge in [-0.15, -0.1) is 0 Å². The predicted octanol–water partition coefficient (Wildman–Crippen LogP) is 2.10. The molecule has 2 aromatic heterocycles. The number of aryl methyl sites for hydroxylation is 1. The Kier molecular flexibility index (Phi) is 3.87. The minimum absolute atomic E-state index is 0.0740. The van der Waals surface area contributed by atoms with Gasteiger partial charge in [0, 0.05) is 12.6 Å². The number of carboxylic acids is 1. The first-order chi connectivity index (χ1) is 12.5. The fourth-order valence-corrected chi connectivity index (χ4v) is 3.00. The maximum absolute atomic E-state index is 12.1. The van der Waals surface area contributed by atoms with Crippen LogP contribution >= 0.6 is 0 Å². The monoisotopic (exact) mass is 351 g/mol. The van der Waals surface area contributed by atoms with Gasteiger partial charge in [0.2, 0.25) is 0 Å². The van der Waals surface area contributed by atoms with E-state index in [1.165, 1.54) is 12.8 Å². The van der Waals surface area contributed by atoms with E-state index in [-0.39, 0.29) is 11.4 Å². The SMILES string of the molecule is Cc1nc2cc(CNC(=O)c3cnc(C(=O)O)cn3)ccc2n1C1CC1. The van der Waals surface area contributed by atoms with Gasteiger partial charge in [-0.2, -0.15) is 0 Å². The van der Waals surface area contributed by atoms with Gasteiger partial charge in [-0.1, -0.05) is 6.07 Å². The summed E-state index contributed by atoms with van der Waals surface area (Å²) in [6, 6.07) is 6.55. The van der Waals surface area contributed by atoms with Crippen LogP contribution in [-0.2, 0) is 6.54 Å². The van der Waals surface area contributed by atoms with E-state index in [1.807, 2.05) is 25.1 Å². The van der Waals surface area contributed by atoms with Crippen molar-refractivity contribution in [2.45, 2.75) is 32.4 Å². The Labute approximate surface area is 148 Å². The van der Waals surface area contributed by atoms with E-state index in [0.717, 1.165) is 34.8 Å². The third-order valence-corrected chi connectivity index (χ3v) is 4.40. The number of aromatic carboxylic acids is 1. The van der Waals surface area contributed by atoms with Crippen molar-refractivity contribution in [3.63, 3.8) is 0 Å². The lowest BCUT2D eigenvalue weighted by atomic mass is 10.2. The molecule has 1 aliphatic carbocycles. The maximum atomic E-state index is 12.1. The molecule has 4 rings (SSSR count). The standard InChI is InChI=1S/C18H17N5O3/c1-10-22-13-6-11(2-5-16(13)23(10)12-3-4-12)7-21-17(24)14-8-20-15(9-19-14)18(25)26/h2,5-6,8-9,12H,3-4,7H2,1H3,(H,21,24)(H,25,26). The number of nitrogens with one attached hydrogen (secondary N) is 1. The second-order valence-corrected chi connectivity index (χ2v) is 6.36. The Morgan fingerprint density at radius 3 is 2.62 bits per heavy atom. The molecule has 2 heterocycles. The summed E-state index contributed by atoms with van der Waals surface area (Å²) in [6.07, 6.45) is 4.62. The van der Waals surface area contributed by atoms with Gasteiger partial charge in [0.25, 0.3) is 5.91 Å². The smallest absolute Gasteiger partial charge is 0.356 e. The summed E-state index contributed by atoms with van der Waals surface area (Å²) >= 11 is 0. The molecule has 1 fully saturated rings. The molecule has 0 atom stereocenters. The highest BCUT2D eigenvalue weighted by Crippen LogP contribution is 2.38. The fourth-order valence-electron chi connectivity index (χ4n) is 3.00. The molecule has 2 N–H and O–H groups in total. The van der Waals surface area contributed by atoms with Crippen LogP contribution in [0.1, 0.15) is 51.2 Å². The van der Waals surface area contributed by atoms with Crippen molar-refractivity contribution in [1.82, 2.24) is 24.8 Å². The summed E-state index contributed by atoms with van der Waals surface area (Å²) in [5.74, 6) is -0.578. The third kappa shape index (κ3) is 3.01. The van der Waals surface area contributed by atoms with Crippen molar-refractivity contribution in [2.75, 3.05) is 0 Å². The molecule has 1 aliphatic rings. The van der Waals surface area contributed by atoms with E-state index in [1.54, 1.807) is 0 Å². The summed E-state index contributed by atoms with van der Waals surface area (Å²) < 4.78 is 2.28. The Morgan fingerprint density at radius 2 is 1.96 bits per heavy atom. The zero-order valence-corrected chi connectivity index (χ0v) is 14.1. The van der Waals surface area contributed by atoms with E-state index in [4.69, 9.17) is 5.11 Å². The van der Waals surface area contributed by atoms with E-state index < -0.39 is 11.9 Å². The van der Waals surface area contributed by atoms with Crippen LogP contribution in [0.25, 0.3) is 11.0 Å². The highest BCUT2D eigenvalue weighted by molar-refractivity contribution is 5.92. The highest BCUT2D eigenvalue weighted by atomic mass is 16.4. The van der Waals surface area contributed by atoms with E-state index in [9.17, 15) is 9.59 Å².